The van der Waals surface area contributed by atoms with E-state index in [-0.39, 0.29) is 11.3 Å². The van der Waals surface area contributed by atoms with Gasteiger partial charge in [-0.15, -0.1) is 0 Å². The highest BCUT2D eigenvalue weighted by Gasteiger charge is 2.38. The molecule has 0 heterocycles. The molecular formula is C10H20N2O. The van der Waals surface area contributed by atoms with Gasteiger partial charge in [0.1, 0.15) is 5.78 Å². The minimum atomic E-state index is 0.0983. The van der Waals surface area contributed by atoms with Crippen LogP contribution in [0.4, 0.5) is 0 Å². The van der Waals surface area contributed by atoms with E-state index in [1.807, 2.05) is 0 Å². The van der Waals surface area contributed by atoms with Crippen molar-refractivity contribution in [3.8, 4) is 0 Å². The summed E-state index contributed by atoms with van der Waals surface area (Å²) in [5, 5.41) is 0. The number of Topliss-reactive ketones (excluding diaryl/α,β-unsaturated/α-hetero) is 1. The van der Waals surface area contributed by atoms with Crippen molar-refractivity contribution >= 4 is 5.78 Å². The van der Waals surface area contributed by atoms with Crippen LogP contribution in [0.2, 0.25) is 0 Å². The zero-order valence-electron chi connectivity index (χ0n) is 8.76. The predicted molar refractivity (Wildman–Crippen MR) is 52.9 cm³/mol. The monoisotopic (exact) mass is 184 g/mol. The molecule has 3 heteroatoms. The molecule has 0 saturated heterocycles. The van der Waals surface area contributed by atoms with E-state index in [0.29, 0.717) is 11.8 Å². The summed E-state index contributed by atoms with van der Waals surface area (Å²) in [6.45, 7) is 6.01. The first kappa shape index (κ1) is 10.7. The molecule has 0 radical (unpaired) electrons. The highest BCUT2D eigenvalue weighted by atomic mass is 16.1. The Morgan fingerprint density at radius 2 is 2.08 bits per heavy atom. The second kappa shape index (κ2) is 3.76. The van der Waals surface area contributed by atoms with Crippen molar-refractivity contribution in [2.75, 3.05) is 0 Å². The Bertz CT molecular complexity index is 201. The van der Waals surface area contributed by atoms with E-state index in [1.165, 1.54) is 0 Å². The van der Waals surface area contributed by atoms with Crippen LogP contribution in [-0.4, -0.2) is 11.8 Å². The molecule has 0 aromatic rings. The van der Waals surface area contributed by atoms with Gasteiger partial charge in [-0.3, -0.25) is 16.1 Å². The Hall–Kier alpha value is -0.410. The second-order valence-corrected chi connectivity index (χ2v) is 4.80. The minimum absolute atomic E-state index is 0.0983. The third kappa shape index (κ3) is 2.29. The maximum Gasteiger partial charge on any atom is 0.133 e. The molecule has 1 saturated carbocycles. The maximum absolute atomic E-state index is 11.4. The molecule has 1 aliphatic rings. The molecule has 13 heavy (non-hydrogen) atoms. The largest absolute Gasteiger partial charge is 0.300 e. The number of carbonyl (C=O) groups excluding carboxylic acids is 1. The van der Waals surface area contributed by atoms with Crippen LogP contribution in [0.5, 0.6) is 0 Å². The number of hydrazine groups is 1. The predicted octanol–water partition coefficient (Wildman–Crippen LogP) is 1.23. The number of hydrogen-bond acceptors (Lipinski definition) is 3. The van der Waals surface area contributed by atoms with Gasteiger partial charge in [-0.1, -0.05) is 13.8 Å². The van der Waals surface area contributed by atoms with Gasteiger partial charge in [-0.25, -0.2) is 0 Å². The molecule has 3 N–H and O–H groups in total. The Labute approximate surface area is 80.0 Å². The summed E-state index contributed by atoms with van der Waals surface area (Å²) in [6.07, 6.45) is 2.98. The molecule has 0 amide bonds. The van der Waals surface area contributed by atoms with E-state index in [4.69, 9.17) is 5.84 Å². The summed E-state index contributed by atoms with van der Waals surface area (Å²) in [5.74, 6) is 5.95. The fraction of sp³-hybridized carbons (Fsp3) is 0.900. The van der Waals surface area contributed by atoms with E-state index in [1.54, 1.807) is 6.92 Å². The number of carbonyl (C=O) groups is 1. The summed E-state index contributed by atoms with van der Waals surface area (Å²) >= 11 is 0. The first-order chi connectivity index (χ1) is 5.97. The molecule has 0 aromatic carbocycles. The van der Waals surface area contributed by atoms with E-state index < -0.39 is 0 Å². The van der Waals surface area contributed by atoms with E-state index in [2.05, 4.69) is 19.3 Å². The van der Waals surface area contributed by atoms with Crippen LogP contribution in [0, 0.1) is 11.3 Å². The van der Waals surface area contributed by atoms with Crippen molar-refractivity contribution in [1.82, 2.24) is 5.43 Å². The minimum Gasteiger partial charge on any atom is -0.300 e. The van der Waals surface area contributed by atoms with Gasteiger partial charge < -0.3 is 0 Å². The van der Waals surface area contributed by atoms with Gasteiger partial charge in [0, 0.05) is 12.0 Å². The second-order valence-electron chi connectivity index (χ2n) is 4.80. The number of hydrogen-bond donors (Lipinski definition) is 2. The highest BCUT2D eigenvalue weighted by Crippen LogP contribution is 2.40. The topological polar surface area (TPSA) is 55.1 Å². The lowest BCUT2D eigenvalue weighted by molar-refractivity contribution is -0.126. The van der Waals surface area contributed by atoms with Crippen molar-refractivity contribution in [2.45, 2.75) is 46.1 Å². The van der Waals surface area contributed by atoms with Gasteiger partial charge in [0.05, 0.1) is 0 Å². The fourth-order valence-corrected chi connectivity index (χ4v) is 2.53. The van der Waals surface area contributed by atoms with Crippen LogP contribution >= 0.6 is 0 Å². The molecule has 0 unspecified atom stereocenters. The number of rotatable bonds is 2. The Kier molecular flexibility index (Phi) is 3.09. The SMILES string of the molecule is CC(=O)[C@H]1CC[C@H](NN)CC1(C)C. The van der Waals surface area contributed by atoms with Crippen molar-refractivity contribution in [2.24, 2.45) is 17.2 Å². The molecule has 2 atom stereocenters. The van der Waals surface area contributed by atoms with Crippen LogP contribution in [0.25, 0.3) is 0 Å². The van der Waals surface area contributed by atoms with Gasteiger partial charge in [-0.05, 0) is 31.6 Å². The maximum atomic E-state index is 11.4. The first-order valence-electron chi connectivity index (χ1n) is 4.94. The average Bonchev–Trinajstić information content (AvgIpc) is 2.01. The molecule has 0 aliphatic heterocycles. The van der Waals surface area contributed by atoms with Crippen LogP contribution in [0.15, 0.2) is 0 Å². The standard InChI is InChI=1S/C10H20N2O/c1-7(13)9-5-4-8(12-11)6-10(9,2)3/h8-9,12H,4-6,11H2,1-3H3/t8-,9+/m0/s1. The first-order valence-corrected chi connectivity index (χ1v) is 4.94. The molecule has 0 bridgehead atoms. The molecule has 1 fully saturated rings. The quantitative estimate of drug-likeness (QED) is 0.501. The lowest BCUT2D eigenvalue weighted by atomic mass is 9.66. The van der Waals surface area contributed by atoms with Crippen LogP contribution in [0.1, 0.15) is 40.0 Å². The number of ketones is 1. The van der Waals surface area contributed by atoms with Gasteiger partial charge in [0.15, 0.2) is 0 Å². The van der Waals surface area contributed by atoms with Crippen molar-refractivity contribution < 1.29 is 4.79 Å². The summed E-state index contributed by atoms with van der Waals surface area (Å²) in [4.78, 5) is 11.4. The summed E-state index contributed by atoms with van der Waals surface area (Å²) in [6, 6.07) is 0.380. The van der Waals surface area contributed by atoms with Crippen LogP contribution < -0.4 is 11.3 Å². The van der Waals surface area contributed by atoms with E-state index in [9.17, 15) is 4.79 Å². The average molecular weight is 184 g/mol. The zero-order chi connectivity index (χ0) is 10.1. The zero-order valence-corrected chi connectivity index (χ0v) is 8.76. The van der Waals surface area contributed by atoms with E-state index >= 15 is 0 Å². The fourth-order valence-electron chi connectivity index (χ4n) is 2.53. The summed E-state index contributed by atoms with van der Waals surface area (Å²) in [5.41, 5.74) is 2.91. The molecule has 1 aliphatic carbocycles. The Balaban J connectivity index is 2.67. The number of nitrogens with one attached hydrogen (secondary N) is 1. The lowest BCUT2D eigenvalue weighted by Gasteiger charge is -2.40. The Morgan fingerprint density at radius 1 is 1.46 bits per heavy atom. The highest BCUT2D eigenvalue weighted by molar-refractivity contribution is 5.79. The molecule has 1 rings (SSSR count). The molecule has 0 spiro atoms. The molecule has 3 nitrogen and oxygen atoms in total. The van der Waals surface area contributed by atoms with Gasteiger partial charge >= 0.3 is 0 Å². The summed E-state index contributed by atoms with van der Waals surface area (Å²) in [7, 11) is 0. The van der Waals surface area contributed by atoms with Crippen LogP contribution in [0.3, 0.4) is 0 Å². The summed E-state index contributed by atoms with van der Waals surface area (Å²) < 4.78 is 0. The molecular weight excluding hydrogens is 164 g/mol. The number of nitrogens with two attached hydrogens (primary N) is 1. The smallest absolute Gasteiger partial charge is 0.133 e. The third-order valence-electron chi connectivity index (χ3n) is 3.25. The molecule has 76 valence electrons. The third-order valence-corrected chi connectivity index (χ3v) is 3.25. The van der Waals surface area contributed by atoms with Gasteiger partial charge in [-0.2, -0.15) is 0 Å². The Morgan fingerprint density at radius 3 is 2.46 bits per heavy atom. The van der Waals surface area contributed by atoms with Crippen LogP contribution in [-0.2, 0) is 4.79 Å². The normalized spacial score (nSPS) is 32.9. The lowest BCUT2D eigenvalue weighted by Crippen LogP contribution is -2.46. The van der Waals surface area contributed by atoms with E-state index in [0.717, 1.165) is 19.3 Å². The molecule has 0 aromatic heterocycles. The van der Waals surface area contributed by atoms with Crippen molar-refractivity contribution in [3.05, 3.63) is 0 Å². The van der Waals surface area contributed by atoms with Crippen molar-refractivity contribution in [3.63, 3.8) is 0 Å². The van der Waals surface area contributed by atoms with Gasteiger partial charge in [0.2, 0.25) is 0 Å². The van der Waals surface area contributed by atoms with Gasteiger partial charge in [0.25, 0.3) is 0 Å². The van der Waals surface area contributed by atoms with Crippen molar-refractivity contribution in [1.29, 1.82) is 0 Å².